The van der Waals surface area contributed by atoms with E-state index in [0.29, 0.717) is 4.21 Å². The van der Waals surface area contributed by atoms with E-state index in [0.717, 1.165) is 5.56 Å². The van der Waals surface area contributed by atoms with Gasteiger partial charge in [0.05, 0.1) is 22.2 Å². The van der Waals surface area contributed by atoms with Crippen LogP contribution >= 0.6 is 23.1 Å². The summed E-state index contributed by atoms with van der Waals surface area (Å²) in [6, 6.07) is 8.63. The first-order valence-corrected chi connectivity index (χ1v) is 8.65. The van der Waals surface area contributed by atoms with E-state index in [1.807, 2.05) is 13.0 Å². The van der Waals surface area contributed by atoms with Crippen LogP contribution in [0.15, 0.2) is 43.9 Å². The Morgan fingerprint density at radius 1 is 1.37 bits per heavy atom. The van der Waals surface area contributed by atoms with Gasteiger partial charge >= 0.3 is 0 Å². The van der Waals surface area contributed by atoms with Crippen LogP contribution in [0.4, 0.5) is 0 Å². The van der Waals surface area contributed by atoms with E-state index in [9.17, 15) is 8.42 Å². The second-order valence-electron chi connectivity index (χ2n) is 3.71. The van der Waals surface area contributed by atoms with Gasteiger partial charge in [-0.15, -0.1) is 11.3 Å². The summed E-state index contributed by atoms with van der Waals surface area (Å²) in [4.78, 5) is 4.16. The molecule has 1 aromatic carbocycles. The fourth-order valence-corrected chi connectivity index (χ4v) is 4.96. The Morgan fingerprint density at radius 2 is 2.05 bits per heavy atom. The molecule has 98 valence electrons. The highest BCUT2D eigenvalue weighted by molar-refractivity contribution is 8.02. The van der Waals surface area contributed by atoms with Crippen LogP contribution in [0.25, 0.3) is 0 Å². The summed E-state index contributed by atoms with van der Waals surface area (Å²) in [6.07, 6.45) is 0. The number of aromatic nitrogens is 1. The average molecular weight is 310 g/mol. The lowest BCUT2D eigenvalue weighted by Crippen LogP contribution is -2.03. The van der Waals surface area contributed by atoms with Crippen molar-refractivity contribution in [3.05, 3.63) is 35.3 Å². The summed E-state index contributed by atoms with van der Waals surface area (Å²) in [7, 11) is -3.60. The molecule has 0 spiro atoms. The Bertz CT molecular complexity index is 712. The highest BCUT2D eigenvalue weighted by atomic mass is 32.2. The third-order valence-electron chi connectivity index (χ3n) is 2.36. The Kier molecular flexibility index (Phi) is 4.24. The molecule has 4 nitrogen and oxygen atoms in total. The minimum absolute atomic E-state index is 0.0432. The van der Waals surface area contributed by atoms with Gasteiger partial charge in [-0.05, 0) is 19.1 Å². The van der Waals surface area contributed by atoms with Crippen molar-refractivity contribution in [2.75, 3.05) is 5.75 Å². The lowest BCUT2D eigenvalue weighted by molar-refractivity contribution is 0.591. The monoisotopic (exact) mass is 310 g/mol. The Labute approximate surface area is 120 Å². The zero-order valence-corrected chi connectivity index (χ0v) is 12.5. The molecule has 2 aromatic rings. The van der Waals surface area contributed by atoms with Crippen molar-refractivity contribution in [1.29, 1.82) is 5.26 Å². The van der Waals surface area contributed by atoms with Crippen LogP contribution < -0.4 is 0 Å². The molecule has 0 aliphatic carbocycles. The molecule has 0 unspecified atom stereocenters. The first kappa shape index (κ1) is 14.1. The minimum atomic E-state index is -3.60. The van der Waals surface area contributed by atoms with Crippen molar-refractivity contribution in [1.82, 2.24) is 4.98 Å². The van der Waals surface area contributed by atoms with Gasteiger partial charge in [-0.1, -0.05) is 29.5 Å². The van der Waals surface area contributed by atoms with E-state index in [2.05, 4.69) is 4.98 Å². The average Bonchev–Trinajstić information content (AvgIpc) is 2.86. The van der Waals surface area contributed by atoms with Gasteiger partial charge in [0.1, 0.15) is 4.21 Å². The van der Waals surface area contributed by atoms with Crippen LogP contribution in [-0.4, -0.2) is 19.2 Å². The van der Waals surface area contributed by atoms with Crippen LogP contribution in [0, 0.1) is 18.3 Å². The molecule has 0 aliphatic rings. The number of sulfone groups is 1. The maximum Gasteiger partial charge on any atom is 0.225 e. The normalized spacial score (nSPS) is 11.2. The standard InChI is InChI=1S/C12H10N2O2S3/c1-9-2-4-10(5-3-9)19(15,16)11-12(17-7-6-13)18-8-14-11/h2-5,8H,7H2,1H3. The van der Waals surface area contributed by atoms with E-state index in [1.165, 1.54) is 28.6 Å². The molecule has 1 heterocycles. The van der Waals surface area contributed by atoms with Crippen molar-refractivity contribution < 1.29 is 8.42 Å². The molecule has 0 N–H and O–H groups in total. The Balaban J connectivity index is 2.43. The third kappa shape index (κ3) is 2.97. The van der Waals surface area contributed by atoms with Crippen LogP contribution in [0.3, 0.4) is 0 Å². The molecule has 2 rings (SSSR count). The van der Waals surface area contributed by atoms with E-state index < -0.39 is 9.84 Å². The maximum absolute atomic E-state index is 12.4. The van der Waals surface area contributed by atoms with Gasteiger partial charge in [0, 0.05) is 0 Å². The molecule has 0 atom stereocenters. The van der Waals surface area contributed by atoms with Gasteiger partial charge in [0.2, 0.25) is 9.84 Å². The Hall–Kier alpha value is -1.36. The number of thiazole rings is 1. The van der Waals surface area contributed by atoms with Gasteiger partial charge < -0.3 is 0 Å². The number of hydrogen-bond acceptors (Lipinski definition) is 6. The largest absolute Gasteiger partial charge is 0.232 e. The summed E-state index contributed by atoms with van der Waals surface area (Å²) < 4.78 is 25.4. The molecule has 0 fully saturated rings. The molecule has 0 aliphatic heterocycles. The molecule has 0 radical (unpaired) electrons. The van der Waals surface area contributed by atoms with Crippen LogP contribution in [0.1, 0.15) is 5.56 Å². The van der Waals surface area contributed by atoms with Gasteiger partial charge in [-0.3, -0.25) is 0 Å². The lowest BCUT2D eigenvalue weighted by atomic mass is 10.2. The SMILES string of the molecule is Cc1ccc(S(=O)(=O)c2ncsc2SCC#N)cc1. The van der Waals surface area contributed by atoms with Crippen LogP contribution in [0.5, 0.6) is 0 Å². The third-order valence-corrected chi connectivity index (χ3v) is 6.32. The highest BCUT2D eigenvalue weighted by Gasteiger charge is 2.24. The highest BCUT2D eigenvalue weighted by Crippen LogP contribution is 2.33. The zero-order valence-electron chi connectivity index (χ0n) is 10.0. The van der Waals surface area contributed by atoms with E-state index in [-0.39, 0.29) is 15.7 Å². The summed E-state index contributed by atoms with van der Waals surface area (Å²) in [5.41, 5.74) is 2.48. The summed E-state index contributed by atoms with van der Waals surface area (Å²) in [5, 5.41) is 8.61. The number of aryl methyl sites for hydroxylation is 1. The first-order valence-electron chi connectivity index (χ1n) is 5.30. The molecule has 0 saturated carbocycles. The van der Waals surface area contributed by atoms with Crippen molar-refractivity contribution in [2.45, 2.75) is 21.1 Å². The smallest absolute Gasteiger partial charge is 0.225 e. The van der Waals surface area contributed by atoms with E-state index in [1.54, 1.807) is 24.3 Å². The van der Waals surface area contributed by atoms with Crippen molar-refractivity contribution >= 4 is 32.9 Å². The molecule has 0 amide bonds. The number of nitrogens with zero attached hydrogens (tertiary/aromatic N) is 2. The van der Waals surface area contributed by atoms with Crippen molar-refractivity contribution in [3.8, 4) is 6.07 Å². The second-order valence-corrected chi connectivity index (χ2v) is 7.67. The Morgan fingerprint density at radius 3 is 2.68 bits per heavy atom. The quantitative estimate of drug-likeness (QED) is 0.812. The number of nitriles is 1. The molecule has 19 heavy (non-hydrogen) atoms. The fourth-order valence-electron chi connectivity index (χ4n) is 1.43. The van der Waals surface area contributed by atoms with Crippen LogP contribution in [0.2, 0.25) is 0 Å². The van der Waals surface area contributed by atoms with Gasteiger partial charge in [-0.25, -0.2) is 13.4 Å². The number of thioether (sulfide) groups is 1. The molecular formula is C12H10N2O2S3. The van der Waals surface area contributed by atoms with E-state index >= 15 is 0 Å². The maximum atomic E-state index is 12.4. The number of hydrogen-bond donors (Lipinski definition) is 0. The molecular weight excluding hydrogens is 300 g/mol. The predicted octanol–water partition coefficient (Wildman–Crippen LogP) is 2.90. The second kappa shape index (κ2) is 5.74. The summed E-state index contributed by atoms with van der Waals surface area (Å²) in [5.74, 6) is 0.207. The molecule has 0 saturated heterocycles. The fraction of sp³-hybridized carbons (Fsp3) is 0.167. The van der Waals surface area contributed by atoms with Gasteiger partial charge in [0.15, 0.2) is 5.03 Å². The van der Waals surface area contributed by atoms with Gasteiger partial charge in [0.25, 0.3) is 0 Å². The number of rotatable bonds is 4. The topological polar surface area (TPSA) is 70.8 Å². The van der Waals surface area contributed by atoms with E-state index in [4.69, 9.17) is 5.26 Å². The molecule has 1 aromatic heterocycles. The molecule has 7 heteroatoms. The summed E-state index contributed by atoms with van der Waals surface area (Å²) >= 11 is 2.43. The zero-order chi connectivity index (χ0) is 13.9. The van der Waals surface area contributed by atoms with Crippen molar-refractivity contribution in [2.24, 2.45) is 0 Å². The minimum Gasteiger partial charge on any atom is -0.232 e. The van der Waals surface area contributed by atoms with Crippen LogP contribution in [-0.2, 0) is 9.84 Å². The molecule has 0 bridgehead atoms. The summed E-state index contributed by atoms with van der Waals surface area (Å²) in [6.45, 7) is 1.90. The van der Waals surface area contributed by atoms with Crippen molar-refractivity contribution in [3.63, 3.8) is 0 Å². The lowest BCUT2D eigenvalue weighted by Gasteiger charge is -2.03. The first-order chi connectivity index (χ1) is 9.05. The van der Waals surface area contributed by atoms with Gasteiger partial charge in [-0.2, -0.15) is 5.26 Å². The number of benzene rings is 1. The predicted molar refractivity (Wildman–Crippen MR) is 75.1 cm³/mol.